The molecule has 0 amide bonds. The first-order valence-corrected chi connectivity index (χ1v) is 7.06. The summed E-state index contributed by atoms with van der Waals surface area (Å²) in [7, 11) is -1.18. The molecule has 1 heterocycles. The lowest BCUT2D eigenvalue weighted by atomic mass is 9.83. The molecule has 0 aromatic carbocycles. The minimum absolute atomic E-state index is 0.203. The Morgan fingerprint density at radius 3 is 2.67 bits per heavy atom. The van der Waals surface area contributed by atoms with Crippen LogP contribution in [-0.2, 0) is 0 Å². The molecule has 0 aromatic rings. The second-order valence-electron chi connectivity index (χ2n) is 5.45. The molecule has 0 bridgehead atoms. The second-order valence-corrected chi connectivity index (χ2v) is 5.45. The van der Waals surface area contributed by atoms with Gasteiger partial charge in [0.1, 0.15) is 0 Å². The molecule has 0 spiro atoms. The predicted molar refractivity (Wildman–Crippen MR) is 73.1 cm³/mol. The molecule has 1 rings (SSSR count). The molecule has 0 radical (unpaired) electrons. The molecule has 5 N–H and O–H groups in total. The van der Waals surface area contributed by atoms with Crippen LogP contribution in [0, 0.1) is 5.92 Å². The quantitative estimate of drug-likeness (QED) is 0.335. The van der Waals surface area contributed by atoms with E-state index in [1.807, 2.05) is 0 Å². The van der Waals surface area contributed by atoms with E-state index in [0.29, 0.717) is 18.8 Å². The molecular formula is C12H27BN2O3. The zero-order chi connectivity index (χ0) is 13.4. The molecule has 1 fully saturated rings. The standard InChI is InChI=1S/C12H27BN2O3/c14-12(3-1-2-6-13(17)18)5-8-15-7-4-11(9-15)10-16/h11-12,16-18H,1-10,14H2/t11-,12+/m1/s1. The van der Waals surface area contributed by atoms with Gasteiger partial charge in [-0.3, -0.25) is 0 Å². The first kappa shape index (κ1) is 15.9. The highest BCUT2D eigenvalue weighted by Gasteiger charge is 2.21. The minimum Gasteiger partial charge on any atom is -0.427 e. The van der Waals surface area contributed by atoms with Crippen molar-refractivity contribution in [2.45, 2.75) is 44.5 Å². The summed E-state index contributed by atoms with van der Waals surface area (Å²) >= 11 is 0. The van der Waals surface area contributed by atoms with Gasteiger partial charge in [0.05, 0.1) is 0 Å². The van der Waals surface area contributed by atoms with Gasteiger partial charge < -0.3 is 25.8 Å². The first-order chi connectivity index (χ1) is 8.61. The third kappa shape index (κ3) is 6.71. The summed E-state index contributed by atoms with van der Waals surface area (Å²) < 4.78 is 0. The molecule has 0 saturated carbocycles. The molecule has 0 aliphatic carbocycles. The smallest absolute Gasteiger partial charge is 0.427 e. The number of hydrogen-bond donors (Lipinski definition) is 4. The van der Waals surface area contributed by atoms with Gasteiger partial charge in [0.15, 0.2) is 0 Å². The fraction of sp³-hybridized carbons (Fsp3) is 1.00. The number of unbranched alkanes of at least 4 members (excludes halogenated alkanes) is 1. The Balaban J connectivity index is 1.98. The highest BCUT2D eigenvalue weighted by Crippen LogP contribution is 2.16. The van der Waals surface area contributed by atoms with Crippen LogP contribution in [0.25, 0.3) is 0 Å². The topological polar surface area (TPSA) is 90.0 Å². The largest absolute Gasteiger partial charge is 0.451 e. The van der Waals surface area contributed by atoms with Crippen molar-refractivity contribution in [3.63, 3.8) is 0 Å². The lowest BCUT2D eigenvalue weighted by molar-refractivity contribution is 0.220. The predicted octanol–water partition coefficient (Wildman–Crippen LogP) is -0.339. The van der Waals surface area contributed by atoms with Crippen molar-refractivity contribution in [3.05, 3.63) is 0 Å². The van der Waals surface area contributed by atoms with Crippen LogP contribution in [0.1, 0.15) is 32.1 Å². The third-order valence-electron chi connectivity index (χ3n) is 3.73. The van der Waals surface area contributed by atoms with Gasteiger partial charge >= 0.3 is 7.12 Å². The van der Waals surface area contributed by atoms with Crippen molar-refractivity contribution in [2.24, 2.45) is 11.7 Å². The minimum atomic E-state index is -1.18. The summed E-state index contributed by atoms with van der Waals surface area (Å²) in [4.78, 5) is 2.37. The van der Waals surface area contributed by atoms with Crippen LogP contribution in [0.15, 0.2) is 0 Å². The highest BCUT2D eigenvalue weighted by atomic mass is 16.4. The average Bonchev–Trinajstić information content (AvgIpc) is 2.80. The van der Waals surface area contributed by atoms with Crippen LogP contribution in [-0.4, -0.2) is 59.5 Å². The van der Waals surface area contributed by atoms with Gasteiger partial charge in [-0.1, -0.05) is 12.8 Å². The number of nitrogens with two attached hydrogens (primary N) is 1. The van der Waals surface area contributed by atoms with E-state index in [1.54, 1.807) is 0 Å². The zero-order valence-electron chi connectivity index (χ0n) is 11.2. The first-order valence-electron chi connectivity index (χ1n) is 7.06. The second kappa shape index (κ2) is 8.88. The van der Waals surface area contributed by atoms with Crippen LogP contribution in [0.3, 0.4) is 0 Å². The molecule has 18 heavy (non-hydrogen) atoms. The summed E-state index contributed by atoms with van der Waals surface area (Å²) in [6.45, 7) is 3.39. The lowest BCUT2D eigenvalue weighted by Crippen LogP contribution is -2.29. The van der Waals surface area contributed by atoms with Gasteiger partial charge in [-0.2, -0.15) is 0 Å². The van der Waals surface area contributed by atoms with Crippen LogP contribution < -0.4 is 5.73 Å². The van der Waals surface area contributed by atoms with E-state index in [1.165, 1.54) is 0 Å². The Kier molecular flexibility index (Phi) is 7.85. The van der Waals surface area contributed by atoms with Crippen molar-refractivity contribution in [1.29, 1.82) is 0 Å². The fourth-order valence-corrected chi connectivity index (χ4v) is 2.49. The average molecular weight is 258 g/mol. The van der Waals surface area contributed by atoms with Crippen LogP contribution >= 0.6 is 0 Å². The number of likely N-dealkylation sites (tertiary alicyclic amines) is 1. The SMILES string of the molecule is N[C@@H](CCCCB(O)O)CCN1CC[C@@H](CO)C1. The molecule has 6 heteroatoms. The van der Waals surface area contributed by atoms with E-state index in [0.717, 1.165) is 51.7 Å². The summed E-state index contributed by atoms with van der Waals surface area (Å²) in [5.74, 6) is 0.451. The summed E-state index contributed by atoms with van der Waals surface area (Å²) in [5, 5.41) is 26.5. The molecule has 1 aliphatic heterocycles. The molecule has 0 unspecified atom stereocenters. The third-order valence-corrected chi connectivity index (χ3v) is 3.73. The van der Waals surface area contributed by atoms with Crippen molar-refractivity contribution in [2.75, 3.05) is 26.2 Å². The molecule has 1 aliphatic rings. The van der Waals surface area contributed by atoms with E-state index >= 15 is 0 Å². The van der Waals surface area contributed by atoms with Crippen molar-refractivity contribution in [3.8, 4) is 0 Å². The van der Waals surface area contributed by atoms with Crippen LogP contribution in [0.2, 0.25) is 6.32 Å². The van der Waals surface area contributed by atoms with Crippen LogP contribution in [0.4, 0.5) is 0 Å². The molecule has 5 nitrogen and oxygen atoms in total. The number of hydrogen-bond acceptors (Lipinski definition) is 5. The van der Waals surface area contributed by atoms with Gasteiger partial charge in [-0.15, -0.1) is 0 Å². The highest BCUT2D eigenvalue weighted by molar-refractivity contribution is 6.40. The van der Waals surface area contributed by atoms with Gasteiger partial charge in [0.2, 0.25) is 0 Å². The maximum Gasteiger partial charge on any atom is 0.451 e. The van der Waals surface area contributed by atoms with E-state index < -0.39 is 7.12 Å². The van der Waals surface area contributed by atoms with E-state index in [-0.39, 0.29) is 6.04 Å². The van der Waals surface area contributed by atoms with Crippen molar-refractivity contribution >= 4 is 7.12 Å². The fourth-order valence-electron chi connectivity index (χ4n) is 2.49. The maximum absolute atomic E-state index is 9.06. The lowest BCUT2D eigenvalue weighted by Gasteiger charge is -2.18. The zero-order valence-corrected chi connectivity index (χ0v) is 11.2. The molecule has 106 valence electrons. The summed E-state index contributed by atoms with van der Waals surface area (Å²) in [6, 6.07) is 0.203. The van der Waals surface area contributed by atoms with Crippen LogP contribution in [0.5, 0.6) is 0 Å². The van der Waals surface area contributed by atoms with Gasteiger partial charge in [0, 0.05) is 19.2 Å². The van der Waals surface area contributed by atoms with Crippen molar-refractivity contribution in [1.82, 2.24) is 4.90 Å². The molecule has 0 aromatic heterocycles. The van der Waals surface area contributed by atoms with E-state index in [9.17, 15) is 0 Å². The van der Waals surface area contributed by atoms with Gasteiger partial charge in [-0.25, -0.2) is 0 Å². The maximum atomic E-state index is 9.06. The Morgan fingerprint density at radius 1 is 1.28 bits per heavy atom. The van der Waals surface area contributed by atoms with Crippen molar-refractivity contribution < 1.29 is 15.2 Å². The summed E-state index contributed by atoms with van der Waals surface area (Å²) in [5.41, 5.74) is 6.03. The number of aliphatic hydroxyl groups is 1. The number of rotatable bonds is 9. The summed E-state index contributed by atoms with van der Waals surface area (Å²) in [6.07, 6.45) is 5.25. The van der Waals surface area contributed by atoms with Gasteiger partial charge in [0.25, 0.3) is 0 Å². The van der Waals surface area contributed by atoms with E-state index in [4.69, 9.17) is 20.9 Å². The monoisotopic (exact) mass is 258 g/mol. The molecule has 1 saturated heterocycles. The Bertz CT molecular complexity index is 219. The Morgan fingerprint density at radius 2 is 2.06 bits per heavy atom. The Labute approximate surface area is 110 Å². The number of nitrogens with zero attached hydrogens (tertiary/aromatic N) is 1. The van der Waals surface area contributed by atoms with Gasteiger partial charge in [-0.05, 0) is 44.6 Å². The Hall–Kier alpha value is -0.135. The number of aliphatic hydroxyl groups excluding tert-OH is 1. The molecule has 2 atom stereocenters. The normalized spacial score (nSPS) is 22.3. The molecular weight excluding hydrogens is 231 g/mol. The van der Waals surface area contributed by atoms with E-state index in [2.05, 4.69) is 4.90 Å².